The lowest BCUT2D eigenvalue weighted by Crippen LogP contribution is -2.42. The van der Waals surface area contributed by atoms with Crippen molar-refractivity contribution < 1.29 is 22.4 Å². The van der Waals surface area contributed by atoms with Gasteiger partial charge < -0.3 is 0 Å². The first-order chi connectivity index (χ1) is 15.5. The molecule has 2 aromatic carbocycles. The Kier molecular flexibility index (Phi) is 7.15. The highest BCUT2D eigenvalue weighted by Crippen LogP contribution is 2.21. The summed E-state index contributed by atoms with van der Waals surface area (Å²) in [6, 6.07) is 11.2. The highest BCUT2D eigenvalue weighted by molar-refractivity contribution is 7.89. The fourth-order valence-corrected chi connectivity index (χ4v) is 4.20. The van der Waals surface area contributed by atoms with Gasteiger partial charge in [-0.3, -0.25) is 20.4 Å². The number of halogens is 2. The average Bonchev–Trinajstić information content (AvgIpc) is 3.06. The van der Waals surface area contributed by atoms with Crippen molar-refractivity contribution in [1.82, 2.24) is 24.9 Å². The zero-order valence-electron chi connectivity index (χ0n) is 18.0. The summed E-state index contributed by atoms with van der Waals surface area (Å²) >= 11 is 6.32. The van der Waals surface area contributed by atoms with E-state index in [0.29, 0.717) is 5.69 Å². The molecule has 0 unspecified atom stereocenters. The van der Waals surface area contributed by atoms with Gasteiger partial charge in [0.15, 0.2) is 0 Å². The average molecular weight is 494 g/mol. The van der Waals surface area contributed by atoms with Gasteiger partial charge in [0.1, 0.15) is 16.5 Å². The highest BCUT2D eigenvalue weighted by atomic mass is 35.5. The SMILES string of the molecule is Cc1nn(Cc2ccc(F)cc2)c(Cl)c1C(=O)NNC(=O)c1cccc(S(=O)(=O)N(C)C)c1. The second-order valence-electron chi connectivity index (χ2n) is 7.26. The summed E-state index contributed by atoms with van der Waals surface area (Å²) in [6.07, 6.45) is 0. The van der Waals surface area contributed by atoms with Gasteiger partial charge in [0.2, 0.25) is 10.0 Å². The number of aromatic nitrogens is 2. The second-order valence-corrected chi connectivity index (χ2v) is 9.77. The molecule has 0 saturated heterocycles. The van der Waals surface area contributed by atoms with Gasteiger partial charge in [0.05, 0.1) is 17.1 Å². The summed E-state index contributed by atoms with van der Waals surface area (Å²) in [5.41, 5.74) is 5.65. The Morgan fingerprint density at radius 2 is 1.73 bits per heavy atom. The zero-order valence-corrected chi connectivity index (χ0v) is 19.5. The first-order valence-corrected chi connectivity index (χ1v) is 11.4. The summed E-state index contributed by atoms with van der Waals surface area (Å²) in [5.74, 6) is -1.79. The molecule has 1 heterocycles. The van der Waals surface area contributed by atoms with Crippen molar-refractivity contribution in [1.29, 1.82) is 0 Å². The Balaban J connectivity index is 1.72. The van der Waals surface area contributed by atoms with Crippen molar-refractivity contribution in [3.05, 3.63) is 81.9 Å². The van der Waals surface area contributed by atoms with Gasteiger partial charge in [0, 0.05) is 19.7 Å². The lowest BCUT2D eigenvalue weighted by Gasteiger charge is -2.12. The normalized spacial score (nSPS) is 11.5. The van der Waals surface area contributed by atoms with E-state index < -0.39 is 21.8 Å². The fourth-order valence-electron chi connectivity index (χ4n) is 2.94. The van der Waals surface area contributed by atoms with Crippen LogP contribution in [0.25, 0.3) is 0 Å². The Labute approximate surface area is 195 Å². The lowest BCUT2D eigenvalue weighted by atomic mass is 10.2. The molecular formula is C21H21ClFN5O4S. The molecule has 2 amide bonds. The number of amides is 2. The summed E-state index contributed by atoms with van der Waals surface area (Å²) in [5, 5.41) is 4.28. The van der Waals surface area contributed by atoms with Crippen LogP contribution in [0.4, 0.5) is 4.39 Å². The maximum atomic E-state index is 13.1. The molecule has 33 heavy (non-hydrogen) atoms. The third kappa shape index (κ3) is 5.38. The quantitative estimate of drug-likeness (QED) is 0.512. The van der Waals surface area contributed by atoms with E-state index in [4.69, 9.17) is 11.6 Å². The van der Waals surface area contributed by atoms with E-state index in [1.165, 1.54) is 55.2 Å². The molecular weight excluding hydrogens is 473 g/mol. The number of nitrogens with one attached hydrogen (secondary N) is 2. The van der Waals surface area contributed by atoms with Crippen LogP contribution in [0.1, 0.15) is 32.0 Å². The lowest BCUT2D eigenvalue weighted by molar-refractivity contribution is 0.0846. The third-order valence-corrected chi connectivity index (χ3v) is 6.90. The predicted octanol–water partition coefficient (Wildman–Crippen LogP) is 2.36. The van der Waals surface area contributed by atoms with Gasteiger partial charge in [-0.05, 0) is 42.8 Å². The molecule has 0 aliphatic heterocycles. The number of carbonyl (C=O) groups is 2. The minimum Gasteiger partial charge on any atom is -0.267 e. The van der Waals surface area contributed by atoms with E-state index >= 15 is 0 Å². The number of rotatable bonds is 6. The van der Waals surface area contributed by atoms with Crippen LogP contribution in [-0.2, 0) is 16.6 Å². The molecule has 0 bridgehead atoms. The van der Waals surface area contributed by atoms with Gasteiger partial charge in [-0.25, -0.2) is 21.8 Å². The van der Waals surface area contributed by atoms with Crippen molar-refractivity contribution in [3.8, 4) is 0 Å². The van der Waals surface area contributed by atoms with Gasteiger partial charge in [-0.1, -0.05) is 29.8 Å². The maximum Gasteiger partial charge on any atom is 0.274 e. The van der Waals surface area contributed by atoms with Crippen molar-refractivity contribution >= 4 is 33.4 Å². The van der Waals surface area contributed by atoms with E-state index in [9.17, 15) is 22.4 Å². The van der Waals surface area contributed by atoms with Crippen molar-refractivity contribution in [2.45, 2.75) is 18.4 Å². The molecule has 0 saturated carbocycles. The smallest absolute Gasteiger partial charge is 0.267 e. The van der Waals surface area contributed by atoms with Crippen LogP contribution >= 0.6 is 11.6 Å². The molecule has 0 atom stereocenters. The Morgan fingerprint density at radius 3 is 2.36 bits per heavy atom. The van der Waals surface area contributed by atoms with Crippen LogP contribution in [0.2, 0.25) is 5.15 Å². The van der Waals surface area contributed by atoms with Crippen LogP contribution in [0.5, 0.6) is 0 Å². The number of sulfonamides is 1. The van der Waals surface area contributed by atoms with E-state index in [0.717, 1.165) is 9.87 Å². The number of carbonyl (C=O) groups excluding carboxylic acids is 2. The highest BCUT2D eigenvalue weighted by Gasteiger charge is 2.22. The Hall–Kier alpha value is -3.28. The molecule has 12 heteroatoms. The molecule has 3 aromatic rings. The van der Waals surface area contributed by atoms with Crippen LogP contribution in [0.15, 0.2) is 53.4 Å². The first-order valence-electron chi connectivity index (χ1n) is 9.61. The largest absolute Gasteiger partial charge is 0.274 e. The number of aryl methyl sites for hydroxylation is 1. The third-order valence-electron chi connectivity index (χ3n) is 4.70. The van der Waals surface area contributed by atoms with Gasteiger partial charge >= 0.3 is 0 Å². The van der Waals surface area contributed by atoms with Gasteiger partial charge in [-0.2, -0.15) is 5.10 Å². The van der Waals surface area contributed by atoms with Crippen LogP contribution in [-0.4, -0.2) is 48.4 Å². The van der Waals surface area contributed by atoms with Gasteiger partial charge in [-0.15, -0.1) is 0 Å². The van der Waals surface area contributed by atoms with Gasteiger partial charge in [0.25, 0.3) is 11.8 Å². The molecule has 0 radical (unpaired) electrons. The van der Waals surface area contributed by atoms with E-state index in [1.54, 1.807) is 19.1 Å². The van der Waals surface area contributed by atoms with Crippen LogP contribution in [0, 0.1) is 12.7 Å². The van der Waals surface area contributed by atoms with Crippen molar-refractivity contribution in [2.75, 3.05) is 14.1 Å². The Bertz CT molecular complexity index is 1310. The minimum atomic E-state index is -3.73. The minimum absolute atomic E-state index is 0.0352. The second kappa shape index (κ2) is 9.69. The van der Waals surface area contributed by atoms with Crippen molar-refractivity contribution in [2.24, 2.45) is 0 Å². The van der Waals surface area contributed by atoms with Crippen LogP contribution < -0.4 is 10.9 Å². The number of hydrogen-bond donors (Lipinski definition) is 2. The summed E-state index contributed by atoms with van der Waals surface area (Å²) < 4.78 is 40.0. The van der Waals surface area contributed by atoms with E-state index in [1.807, 2.05) is 0 Å². The van der Waals surface area contributed by atoms with E-state index in [2.05, 4.69) is 16.0 Å². The number of hydrogen-bond acceptors (Lipinski definition) is 5. The first kappa shape index (κ1) is 24.4. The molecule has 0 fully saturated rings. The molecule has 1 aromatic heterocycles. The molecule has 0 aliphatic rings. The monoisotopic (exact) mass is 493 g/mol. The fraction of sp³-hybridized carbons (Fsp3) is 0.190. The number of nitrogens with zero attached hydrogens (tertiary/aromatic N) is 3. The molecule has 0 spiro atoms. The summed E-state index contributed by atoms with van der Waals surface area (Å²) in [6.45, 7) is 1.80. The van der Waals surface area contributed by atoms with Crippen LogP contribution in [0.3, 0.4) is 0 Å². The molecule has 3 rings (SSSR count). The standard InChI is InChI=1S/C21H21ClFN5O4S/c1-13-18(19(22)28(26-13)12-14-7-9-16(23)10-8-14)21(30)25-24-20(29)15-5-4-6-17(11-15)33(31,32)27(2)3/h4-11H,12H2,1-3H3,(H,24,29)(H,25,30). The molecule has 9 nitrogen and oxygen atoms in total. The number of benzene rings is 2. The Morgan fingerprint density at radius 1 is 1.09 bits per heavy atom. The molecule has 2 N–H and O–H groups in total. The van der Waals surface area contributed by atoms with E-state index in [-0.39, 0.29) is 33.5 Å². The topological polar surface area (TPSA) is 113 Å². The van der Waals surface area contributed by atoms with Crippen molar-refractivity contribution in [3.63, 3.8) is 0 Å². The number of hydrazine groups is 1. The molecule has 174 valence electrons. The maximum absolute atomic E-state index is 13.1. The summed E-state index contributed by atoms with van der Waals surface area (Å²) in [7, 11) is -0.968. The zero-order chi connectivity index (χ0) is 24.3. The molecule has 0 aliphatic carbocycles. The predicted molar refractivity (Wildman–Crippen MR) is 120 cm³/mol. The summed E-state index contributed by atoms with van der Waals surface area (Å²) in [4.78, 5) is 25.0.